The van der Waals surface area contributed by atoms with E-state index in [1.807, 2.05) is 0 Å². The van der Waals surface area contributed by atoms with Gasteiger partial charge in [-0.25, -0.2) is 9.97 Å². The Morgan fingerprint density at radius 3 is 2.82 bits per heavy atom. The van der Waals surface area contributed by atoms with E-state index >= 15 is 0 Å². The summed E-state index contributed by atoms with van der Waals surface area (Å²) >= 11 is 6.05. The highest BCUT2D eigenvalue weighted by Crippen LogP contribution is 2.29. The summed E-state index contributed by atoms with van der Waals surface area (Å²) in [6.45, 7) is 4.36. The van der Waals surface area contributed by atoms with Gasteiger partial charge in [0.05, 0.1) is 0 Å². The Bertz CT molecular complexity index is 700. The van der Waals surface area contributed by atoms with Crippen LogP contribution in [0.3, 0.4) is 0 Å². The molecule has 0 atom stereocenters. The van der Waals surface area contributed by atoms with E-state index in [0.717, 1.165) is 21.9 Å². The normalized spacial score (nSPS) is 11.8. The molecule has 2 aromatic heterocycles. The molecule has 2 heterocycles. The summed E-state index contributed by atoms with van der Waals surface area (Å²) in [5.41, 5.74) is 4.05. The molecule has 0 unspecified atom stereocenters. The predicted molar refractivity (Wildman–Crippen MR) is 70.5 cm³/mol. The summed E-state index contributed by atoms with van der Waals surface area (Å²) in [4.78, 5) is 11.5. The van der Waals surface area contributed by atoms with Crippen molar-refractivity contribution in [3.63, 3.8) is 0 Å². The van der Waals surface area contributed by atoms with Gasteiger partial charge in [0.2, 0.25) is 0 Å². The third-order valence-electron chi connectivity index (χ3n) is 3.03. The Labute approximate surface area is 104 Å². The molecule has 17 heavy (non-hydrogen) atoms. The van der Waals surface area contributed by atoms with Crippen LogP contribution < -0.4 is 0 Å². The first-order valence-electron chi connectivity index (χ1n) is 5.58. The van der Waals surface area contributed by atoms with Gasteiger partial charge in [-0.1, -0.05) is 31.5 Å². The Morgan fingerprint density at radius 2 is 2.06 bits per heavy atom. The van der Waals surface area contributed by atoms with E-state index in [-0.39, 0.29) is 0 Å². The number of fused-ring (bicyclic) bond motifs is 3. The minimum Gasteiger partial charge on any atom is -0.351 e. The summed E-state index contributed by atoms with van der Waals surface area (Å²) in [6.07, 6.45) is 1.50. The van der Waals surface area contributed by atoms with Crippen LogP contribution in [0.5, 0.6) is 0 Å². The van der Waals surface area contributed by atoms with Gasteiger partial charge < -0.3 is 4.98 Å². The number of hydrogen-bond acceptors (Lipinski definition) is 2. The highest BCUT2D eigenvalue weighted by Gasteiger charge is 2.10. The summed E-state index contributed by atoms with van der Waals surface area (Å²) in [6, 6.07) is 6.37. The molecule has 0 amide bonds. The SMILES string of the molecule is CC(C)c1ccc2[nH]c3c(Cl)ncnc3c2c1. The molecule has 0 aliphatic carbocycles. The zero-order valence-corrected chi connectivity index (χ0v) is 10.4. The minimum absolute atomic E-state index is 0.470. The second-order valence-corrected chi connectivity index (χ2v) is 4.83. The quantitative estimate of drug-likeness (QED) is 0.661. The van der Waals surface area contributed by atoms with Crippen LogP contribution in [0.1, 0.15) is 25.3 Å². The van der Waals surface area contributed by atoms with Crippen molar-refractivity contribution in [2.75, 3.05) is 0 Å². The van der Waals surface area contributed by atoms with Gasteiger partial charge in [-0.3, -0.25) is 0 Å². The lowest BCUT2D eigenvalue weighted by molar-refractivity contribution is 0.869. The van der Waals surface area contributed by atoms with Gasteiger partial charge in [-0.15, -0.1) is 0 Å². The molecule has 3 nitrogen and oxygen atoms in total. The minimum atomic E-state index is 0.470. The Balaban J connectivity index is 2.42. The predicted octanol–water partition coefficient (Wildman–Crippen LogP) is 3.89. The highest BCUT2D eigenvalue weighted by atomic mass is 35.5. The monoisotopic (exact) mass is 245 g/mol. The number of benzene rings is 1. The maximum atomic E-state index is 6.05. The molecule has 0 saturated heterocycles. The molecule has 0 aliphatic heterocycles. The number of H-pyrrole nitrogens is 1. The number of halogens is 1. The van der Waals surface area contributed by atoms with Gasteiger partial charge >= 0.3 is 0 Å². The van der Waals surface area contributed by atoms with Crippen LogP contribution in [-0.4, -0.2) is 15.0 Å². The number of nitrogens with one attached hydrogen (secondary N) is 1. The molecule has 3 aromatic rings. The number of aromatic amines is 1. The summed E-state index contributed by atoms with van der Waals surface area (Å²) in [5, 5.41) is 1.58. The van der Waals surface area contributed by atoms with Crippen molar-refractivity contribution in [1.82, 2.24) is 15.0 Å². The fourth-order valence-corrected chi connectivity index (χ4v) is 2.22. The number of hydrogen-bond donors (Lipinski definition) is 1. The van der Waals surface area contributed by atoms with Crippen LogP contribution in [0.15, 0.2) is 24.5 Å². The molecule has 4 heteroatoms. The third-order valence-corrected chi connectivity index (χ3v) is 3.31. The van der Waals surface area contributed by atoms with Crippen molar-refractivity contribution in [2.24, 2.45) is 0 Å². The largest absolute Gasteiger partial charge is 0.351 e. The number of rotatable bonds is 1. The van der Waals surface area contributed by atoms with E-state index in [2.05, 4.69) is 47.0 Å². The van der Waals surface area contributed by atoms with Gasteiger partial charge in [-0.05, 0) is 23.6 Å². The summed E-state index contributed by atoms with van der Waals surface area (Å²) in [5.74, 6) is 0.502. The fraction of sp³-hybridized carbons (Fsp3) is 0.231. The van der Waals surface area contributed by atoms with Crippen LogP contribution in [0.25, 0.3) is 21.9 Å². The first kappa shape index (κ1) is 10.5. The second-order valence-electron chi connectivity index (χ2n) is 4.47. The van der Waals surface area contributed by atoms with E-state index in [4.69, 9.17) is 11.6 Å². The zero-order chi connectivity index (χ0) is 12.0. The van der Waals surface area contributed by atoms with Crippen molar-refractivity contribution in [1.29, 1.82) is 0 Å². The second kappa shape index (κ2) is 3.70. The topological polar surface area (TPSA) is 41.6 Å². The van der Waals surface area contributed by atoms with E-state index in [9.17, 15) is 0 Å². The highest BCUT2D eigenvalue weighted by molar-refractivity contribution is 6.34. The maximum Gasteiger partial charge on any atom is 0.156 e. The lowest BCUT2D eigenvalue weighted by Gasteiger charge is -2.04. The number of nitrogens with zero attached hydrogens (tertiary/aromatic N) is 2. The lowest BCUT2D eigenvalue weighted by Crippen LogP contribution is -1.86. The van der Waals surface area contributed by atoms with Gasteiger partial charge in [-0.2, -0.15) is 0 Å². The third kappa shape index (κ3) is 1.58. The van der Waals surface area contributed by atoms with Crippen molar-refractivity contribution >= 4 is 33.5 Å². The van der Waals surface area contributed by atoms with Crippen LogP contribution in [0.4, 0.5) is 0 Å². The summed E-state index contributed by atoms with van der Waals surface area (Å²) in [7, 11) is 0. The van der Waals surface area contributed by atoms with Crippen molar-refractivity contribution in [3.05, 3.63) is 35.2 Å². The average molecular weight is 246 g/mol. The molecule has 0 bridgehead atoms. The molecule has 1 N–H and O–H groups in total. The molecule has 3 rings (SSSR count). The van der Waals surface area contributed by atoms with Gasteiger partial charge in [0.1, 0.15) is 17.4 Å². The van der Waals surface area contributed by atoms with Crippen LogP contribution in [0, 0.1) is 0 Å². The van der Waals surface area contributed by atoms with E-state index in [1.54, 1.807) is 0 Å². The van der Waals surface area contributed by atoms with Crippen molar-refractivity contribution in [3.8, 4) is 0 Å². The Kier molecular flexibility index (Phi) is 2.30. The zero-order valence-electron chi connectivity index (χ0n) is 9.66. The average Bonchev–Trinajstić information content (AvgIpc) is 2.68. The van der Waals surface area contributed by atoms with Crippen molar-refractivity contribution < 1.29 is 0 Å². The van der Waals surface area contributed by atoms with Crippen LogP contribution in [-0.2, 0) is 0 Å². The molecule has 0 saturated carbocycles. The molecular weight excluding hydrogens is 234 g/mol. The maximum absolute atomic E-state index is 6.05. The van der Waals surface area contributed by atoms with Crippen LogP contribution >= 0.6 is 11.6 Å². The van der Waals surface area contributed by atoms with Gasteiger partial charge in [0.25, 0.3) is 0 Å². The summed E-state index contributed by atoms with van der Waals surface area (Å²) < 4.78 is 0. The molecule has 0 spiro atoms. The molecule has 0 aliphatic rings. The van der Waals surface area contributed by atoms with Gasteiger partial charge in [0, 0.05) is 10.9 Å². The van der Waals surface area contributed by atoms with E-state index < -0.39 is 0 Å². The smallest absolute Gasteiger partial charge is 0.156 e. The Morgan fingerprint density at radius 1 is 1.24 bits per heavy atom. The molecular formula is C13H12ClN3. The van der Waals surface area contributed by atoms with E-state index in [0.29, 0.717) is 11.1 Å². The molecule has 1 aromatic carbocycles. The van der Waals surface area contributed by atoms with Crippen molar-refractivity contribution in [2.45, 2.75) is 19.8 Å². The molecule has 0 radical (unpaired) electrons. The van der Waals surface area contributed by atoms with Gasteiger partial charge in [0.15, 0.2) is 5.15 Å². The fourth-order valence-electron chi connectivity index (χ4n) is 2.04. The Hall–Kier alpha value is -1.61. The number of aromatic nitrogens is 3. The lowest BCUT2D eigenvalue weighted by atomic mass is 10.0. The first-order valence-corrected chi connectivity index (χ1v) is 5.96. The first-order chi connectivity index (χ1) is 8.16. The molecule has 86 valence electrons. The standard InChI is InChI=1S/C13H12ClN3/c1-7(2)8-3-4-10-9(5-8)11-12(17-10)13(14)16-6-15-11/h3-7,17H,1-2H3. The molecule has 0 fully saturated rings. The van der Waals surface area contributed by atoms with Crippen LogP contribution in [0.2, 0.25) is 5.15 Å². The van der Waals surface area contributed by atoms with E-state index in [1.165, 1.54) is 11.9 Å².